The fourth-order valence-electron chi connectivity index (χ4n) is 3.47. The second-order valence-corrected chi connectivity index (χ2v) is 5.52. The Labute approximate surface area is 113 Å². The number of fused-ring (bicyclic) bond motifs is 1. The second kappa shape index (κ2) is 4.47. The summed E-state index contributed by atoms with van der Waals surface area (Å²) in [7, 11) is 0. The maximum absolute atomic E-state index is 5.92. The van der Waals surface area contributed by atoms with E-state index < -0.39 is 0 Å². The number of nitrogen functional groups attached to an aromatic ring is 1. The van der Waals surface area contributed by atoms with Gasteiger partial charge in [-0.2, -0.15) is 0 Å². The third-order valence-electron chi connectivity index (χ3n) is 4.56. The lowest BCUT2D eigenvalue weighted by Crippen LogP contribution is -2.37. The molecule has 19 heavy (non-hydrogen) atoms. The minimum atomic E-state index is 0.487. The number of imidazole rings is 1. The van der Waals surface area contributed by atoms with Crippen LogP contribution in [0.25, 0.3) is 11.2 Å². The van der Waals surface area contributed by atoms with Crippen LogP contribution in [0.5, 0.6) is 0 Å². The quantitative estimate of drug-likeness (QED) is 0.920. The van der Waals surface area contributed by atoms with Gasteiger partial charge in [0.1, 0.15) is 11.3 Å². The average Bonchev–Trinajstić information content (AvgIpc) is 2.73. The molecule has 0 bridgehead atoms. The van der Waals surface area contributed by atoms with Gasteiger partial charge in [0.15, 0.2) is 11.5 Å². The van der Waals surface area contributed by atoms with Crippen molar-refractivity contribution in [3.8, 4) is 0 Å². The van der Waals surface area contributed by atoms with Crippen LogP contribution in [0.4, 0.5) is 5.82 Å². The molecule has 1 saturated carbocycles. The third kappa shape index (κ3) is 1.79. The highest BCUT2D eigenvalue weighted by Gasteiger charge is 2.40. The monoisotopic (exact) mass is 259 g/mol. The molecule has 1 aliphatic rings. The number of hydrogen-bond acceptors (Lipinski definition) is 4. The van der Waals surface area contributed by atoms with Crippen LogP contribution >= 0.6 is 0 Å². The van der Waals surface area contributed by atoms with Gasteiger partial charge in [-0.15, -0.1) is 0 Å². The largest absolute Gasteiger partial charge is 0.382 e. The summed E-state index contributed by atoms with van der Waals surface area (Å²) in [5.74, 6) is 2.78. The van der Waals surface area contributed by atoms with Gasteiger partial charge in [0.2, 0.25) is 0 Å². The summed E-state index contributed by atoms with van der Waals surface area (Å²) in [6, 6.07) is 0.522. The molecule has 1 aliphatic carbocycles. The lowest BCUT2D eigenvalue weighted by atomic mass is 9.66. The minimum Gasteiger partial charge on any atom is -0.382 e. The maximum Gasteiger partial charge on any atom is 0.166 e. The van der Waals surface area contributed by atoms with Crippen LogP contribution in [0.1, 0.15) is 45.0 Å². The van der Waals surface area contributed by atoms with Gasteiger partial charge in [-0.05, 0) is 25.2 Å². The Morgan fingerprint density at radius 3 is 2.79 bits per heavy atom. The van der Waals surface area contributed by atoms with E-state index in [1.165, 1.54) is 19.3 Å². The molecule has 2 N–H and O–H groups in total. The number of hydrogen-bond donors (Lipinski definition) is 1. The summed E-state index contributed by atoms with van der Waals surface area (Å²) in [5.41, 5.74) is 7.55. The van der Waals surface area contributed by atoms with E-state index in [0.29, 0.717) is 17.7 Å². The van der Waals surface area contributed by atoms with Gasteiger partial charge in [0, 0.05) is 6.04 Å². The summed E-state index contributed by atoms with van der Waals surface area (Å²) in [5, 5.41) is 0. The third-order valence-corrected chi connectivity index (χ3v) is 4.56. The zero-order valence-corrected chi connectivity index (χ0v) is 11.8. The molecule has 0 aromatic carbocycles. The normalized spacial score (nSPS) is 26.6. The minimum absolute atomic E-state index is 0.487. The first-order valence-corrected chi connectivity index (χ1v) is 7.12. The zero-order chi connectivity index (χ0) is 13.6. The average molecular weight is 259 g/mol. The number of rotatable bonds is 3. The van der Waals surface area contributed by atoms with Gasteiger partial charge < -0.3 is 10.3 Å². The van der Waals surface area contributed by atoms with Crippen molar-refractivity contribution in [2.75, 3.05) is 5.73 Å². The van der Waals surface area contributed by atoms with E-state index in [1.807, 2.05) is 13.3 Å². The Morgan fingerprint density at radius 1 is 1.32 bits per heavy atom. The van der Waals surface area contributed by atoms with E-state index in [9.17, 15) is 0 Å². The molecule has 3 rings (SSSR count). The van der Waals surface area contributed by atoms with Crippen LogP contribution in [0.15, 0.2) is 6.33 Å². The highest BCUT2D eigenvalue weighted by Crippen LogP contribution is 2.48. The van der Waals surface area contributed by atoms with Crippen molar-refractivity contribution in [1.29, 1.82) is 0 Å². The van der Waals surface area contributed by atoms with Crippen molar-refractivity contribution >= 4 is 17.0 Å². The van der Waals surface area contributed by atoms with Gasteiger partial charge >= 0.3 is 0 Å². The molecular weight excluding hydrogens is 238 g/mol. The van der Waals surface area contributed by atoms with Crippen LogP contribution in [0, 0.1) is 18.8 Å². The summed E-state index contributed by atoms with van der Waals surface area (Å²) >= 11 is 0. The van der Waals surface area contributed by atoms with Crippen LogP contribution < -0.4 is 5.73 Å². The van der Waals surface area contributed by atoms with Crippen LogP contribution in [-0.4, -0.2) is 19.5 Å². The molecule has 102 valence electrons. The molecule has 0 spiro atoms. The Balaban J connectivity index is 2.02. The maximum atomic E-state index is 5.92. The first-order valence-electron chi connectivity index (χ1n) is 7.12. The van der Waals surface area contributed by atoms with Crippen molar-refractivity contribution in [3.63, 3.8) is 0 Å². The predicted octanol–water partition coefficient (Wildman–Crippen LogP) is 2.71. The van der Waals surface area contributed by atoms with Gasteiger partial charge in [-0.3, -0.25) is 0 Å². The summed E-state index contributed by atoms with van der Waals surface area (Å²) in [6.45, 7) is 6.42. The SMILES string of the molecule is CCC1CC(n2cnc3c(N)nc(C)nc32)C1CC. The topological polar surface area (TPSA) is 69.6 Å². The molecule has 3 atom stereocenters. The zero-order valence-electron chi connectivity index (χ0n) is 11.8. The fourth-order valence-corrected chi connectivity index (χ4v) is 3.47. The smallest absolute Gasteiger partial charge is 0.166 e. The molecule has 2 aromatic heterocycles. The van der Waals surface area contributed by atoms with Crippen molar-refractivity contribution < 1.29 is 0 Å². The van der Waals surface area contributed by atoms with E-state index in [-0.39, 0.29) is 0 Å². The number of aromatic nitrogens is 4. The van der Waals surface area contributed by atoms with E-state index >= 15 is 0 Å². The summed E-state index contributed by atoms with van der Waals surface area (Å²) in [6.07, 6.45) is 5.58. The van der Waals surface area contributed by atoms with Crippen LogP contribution in [-0.2, 0) is 0 Å². The van der Waals surface area contributed by atoms with Crippen molar-refractivity contribution in [2.45, 2.75) is 46.1 Å². The van der Waals surface area contributed by atoms with Crippen LogP contribution in [0.3, 0.4) is 0 Å². The van der Waals surface area contributed by atoms with E-state index in [4.69, 9.17) is 5.73 Å². The first-order chi connectivity index (χ1) is 9.15. The standard InChI is InChI=1S/C14H21N5/c1-4-9-6-11(10(9)5-2)19-7-16-12-13(15)17-8(3)18-14(12)19/h7,9-11H,4-6H2,1-3H3,(H2,15,17,18). The molecule has 0 saturated heterocycles. The lowest BCUT2D eigenvalue weighted by Gasteiger charge is -2.45. The molecule has 0 amide bonds. The Kier molecular flexibility index (Phi) is 2.92. The first kappa shape index (κ1) is 12.4. The van der Waals surface area contributed by atoms with E-state index in [0.717, 1.165) is 23.0 Å². The summed E-state index contributed by atoms with van der Waals surface area (Å²) < 4.78 is 2.21. The molecule has 5 nitrogen and oxygen atoms in total. The van der Waals surface area contributed by atoms with Gasteiger partial charge in [0.25, 0.3) is 0 Å². The molecule has 5 heteroatoms. The fraction of sp³-hybridized carbons (Fsp3) is 0.643. The molecular formula is C14H21N5. The number of aryl methyl sites for hydroxylation is 1. The Hall–Kier alpha value is -1.65. The second-order valence-electron chi connectivity index (χ2n) is 5.52. The highest BCUT2D eigenvalue weighted by molar-refractivity contribution is 5.81. The number of nitrogens with two attached hydrogens (primary N) is 1. The van der Waals surface area contributed by atoms with Crippen molar-refractivity contribution in [1.82, 2.24) is 19.5 Å². The van der Waals surface area contributed by atoms with Gasteiger partial charge in [-0.25, -0.2) is 15.0 Å². The molecule has 2 heterocycles. The van der Waals surface area contributed by atoms with E-state index in [1.54, 1.807) is 0 Å². The van der Waals surface area contributed by atoms with Crippen LogP contribution in [0.2, 0.25) is 0 Å². The Bertz CT molecular complexity index is 603. The van der Waals surface area contributed by atoms with Crippen molar-refractivity contribution in [2.24, 2.45) is 11.8 Å². The highest BCUT2D eigenvalue weighted by atomic mass is 15.2. The molecule has 0 radical (unpaired) electrons. The van der Waals surface area contributed by atoms with Crippen molar-refractivity contribution in [3.05, 3.63) is 12.2 Å². The predicted molar refractivity (Wildman–Crippen MR) is 75.7 cm³/mol. The lowest BCUT2D eigenvalue weighted by molar-refractivity contribution is 0.0752. The van der Waals surface area contributed by atoms with E-state index in [2.05, 4.69) is 33.4 Å². The molecule has 0 aliphatic heterocycles. The number of anilines is 1. The molecule has 2 aromatic rings. The summed E-state index contributed by atoms with van der Waals surface area (Å²) in [4.78, 5) is 13.1. The van der Waals surface area contributed by atoms with Gasteiger partial charge in [0.05, 0.1) is 6.33 Å². The Morgan fingerprint density at radius 2 is 2.11 bits per heavy atom. The molecule has 1 fully saturated rings. The molecule has 3 unspecified atom stereocenters. The number of nitrogens with zero attached hydrogens (tertiary/aromatic N) is 4. The van der Waals surface area contributed by atoms with Gasteiger partial charge in [-0.1, -0.05) is 26.7 Å².